The Bertz CT molecular complexity index is 200. The fourth-order valence-electron chi connectivity index (χ4n) is 0.0423. The van der Waals surface area contributed by atoms with Gasteiger partial charge < -0.3 is 9.45 Å². The summed E-state index contributed by atoms with van der Waals surface area (Å²) in [5.41, 5.74) is -5.30. The van der Waals surface area contributed by atoms with Crippen LogP contribution in [0.5, 0.6) is 0 Å². The molecule has 0 aliphatic heterocycles. The highest BCUT2D eigenvalue weighted by atomic mass is 32.5. The third-order valence-corrected chi connectivity index (χ3v) is 2.43. The normalized spacial score (nSPS) is 19.7. The van der Waals surface area contributed by atoms with Crippen LogP contribution in [0.15, 0.2) is 0 Å². The molecule has 0 aromatic heterocycles. The molecule has 9 heavy (non-hydrogen) atoms. The SMILES string of the molecule is O=S(O)(=P[O-])C(F)(F)F. The van der Waals surface area contributed by atoms with Crippen LogP contribution in [0, 0.1) is 0 Å². The summed E-state index contributed by atoms with van der Waals surface area (Å²) in [5.74, 6) is 0. The highest BCUT2D eigenvalue weighted by Crippen LogP contribution is 2.26. The van der Waals surface area contributed by atoms with Crippen LogP contribution < -0.4 is 4.89 Å². The Balaban J connectivity index is 4.80. The van der Waals surface area contributed by atoms with Crippen molar-refractivity contribution in [2.45, 2.75) is 5.51 Å². The van der Waals surface area contributed by atoms with E-state index < -0.39 is 22.5 Å². The molecule has 1 atom stereocenters. The fourth-order valence-corrected chi connectivity index (χ4v) is 0.380. The van der Waals surface area contributed by atoms with Gasteiger partial charge in [-0.2, -0.15) is 13.2 Å². The first-order chi connectivity index (χ1) is 3.81. The van der Waals surface area contributed by atoms with Crippen LogP contribution in [0.3, 0.4) is 0 Å². The van der Waals surface area contributed by atoms with Gasteiger partial charge in [0.2, 0.25) is 0 Å². The summed E-state index contributed by atoms with van der Waals surface area (Å²) in [6.07, 6.45) is 0. The van der Waals surface area contributed by atoms with Gasteiger partial charge in [-0.15, -0.1) is 7.58 Å². The maximum absolute atomic E-state index is 11.1. The molecule has 1 N–H and O–H groups in total. The van der Waals surface area contributed by atoms with Gasteiger partial charge in [-0.05, 0) is 0 Å². The van der Waals surface area contributed by atoms with E-state index in [2.05, 4.69) is 0 Å². The molecule has 0 saturated heterocycles. The first kappa shape index (κ1) is 9.16. The summed E-state index contributed by atoms with van der Waals surface area (Å²) < 4.78 is 50.7. The molecule has 0 radical (unpaired) electrons. The Labute approximate surface area is 50.3 Å². The molecular formula is CHF3O3PS-. The van der Waals surface area contributed by atoms with Crippen LogP contribution in [0.25, 0.3) is 0 Å². The van der Waals surface area contributed by atoms with Crippen molar-refractivity contribution in [3.05, 3.63) is 0 Å². The third kappa shape index (κ3) is 2.09. The van der Waals surface area contributed by atoms with Gasteiger partial charge in [0.15, 0.2) is 9.39 Å². The second-order valence-corrected chi connectivity index (χ2v) is 4.55. The van der Waals surface area contributed by atoms with E-state index in [9.17, 15) is 22.3 Å². The average molecular weight is 181 g/mol. The second-order valence-electron chi connectivity index (χ2n) is 1.02. The molecular weight excluding hydrogens is 180 g/mol. The predicted octanol–water partition coefficient (Wildman–Crippen LogP) is 0.400. The minimum atomic E-state index is -5.30. The minimum absolute atomic E-state index is 1.81. The van der Waals surface area contributed by atoms with Crippen LogP contribution >= 0.6 is 7.58 Å². The van der Waals surface area contributed by atoms with Gasteiger partial charge in [0, 0.05) is 0 Å². The highest BCUT2D eigenvalue weighted by molar-refractivity contribution is 8.20. The topological polar surface area (TPSA) is 60.4 Å². The maximum Gasteiger partial charge on any atom is 0.489 e. The lowest BCUT2D eigenvalue weighted by Crippen LogP contribution is -2.20. The van der Waals surface area contributed by atoms with Crippen molar-refractivity contribution in [3.63, 3.8) is 0 Å². The summed E-state index contributed by atoms with van der Waals surface area (Å²) in [4.78, 5) is 9.33. The first-order valence-electron chi connectivity index (χ1n) is 1.49. The lowest BCUT2D eigenvalue weighted by molar-refractivity contribution is -0.144. The zero-order chi connectivity index (χ0) is 7.71. The lowest BCUT2D eigenvalue weighted by Gasteiger charge is -2.07. The predicted molar refractivity (Wildman–Crippen MR) is 23.7 cm³/mol. The smallest absolute Gasteiger partial charge is 0.489 e. The number of halogens is 3. The van der Waals surface area contributed by atoms with Gasteiger partial charge in [-0.1, -0.05) is 0 Å². The molecule has 0 saturated carbocycles. The largest absolute Gasteiger partial charge is 0.797 e. The Morgan fingerprint density at radius 2 is 1.89 bits per heavy atom. The molecule has 0 aliphatic rings. The standard InChI is InChI=1S/CHF3O3PS/c2-1(3,4)9(6,7)8-5/h(H-,5,6,7)/q-1. The maximum atomic E-state index is 11.1. The van der Waals surface area contributed by atoms with Crippen molar-refractivity contribution in [3.8, 4) is 0 Å². The molecule has 0 heterocycles. The molecule has 0 rings (SSSR count). The van der Waals surface area contributed by atoms with Crippen LogP contribution in [0.4, 0.5) is 13.2 Å². The molecule has 0 aliphatic carbocycles. The van der Waals surface area contributed by atoms with Crippen molar-refractivity contribution in [2.24, 2.45) is 0 Å². The van der Waals surface area contributed by atoms with E-state index in [1.165, 1.54) is 0 Å². The van der Waals surface area contributed by atoms with Crippen molar-refractivity contribution < 1.29 is 26.8 Å². The monoisotopic (exact) mass is 181 g/mol. The molecule has 0 amide bonds. The quantitative estimate of drug-likeness (QED) is 0.550. The zero-order valence-corrected chi connectivity index (χ0v) is 5.46. The van der Waals surface area contributed by atoms with Crippen LogP contribution in [0.1, 0.15) is 0 Å². The van der Waals surface area contributed by atoms with Crippen molar-refractivity contribution in [2.75, 3.05) is 0 Å². The van der Waals surface area contributed by atoms with Crippen molar-refractivity contribution >= 4 is 17.0 Å². The Morgan fingerprint density at radius 1 is 1.56 bits per heavy atom. The molecule has 0 aromatic rings. The van der Waals surface area contributed by atoms with E-state index in [1.54, 1.807) is 0 Å². The van der Waals surface area contributed by atoms with E-state index in [4.69, 9.17) is 4.55 Å². The van der Waals surface area contributed by atoms with Gasteiger partial charge in [0.1, 0.15) is 0 Å². The van der Waals surface area contributed by atoms with E-state index in [1.807, 2.05) is 0 Å². The molecule has 3 nitrogen and oxygen atoms in total. The average Bonchev–Trinajstić information content (AvgIpc) is 1.64. The van der Waals surface area contributed by atoms with E-state index in [-0.39, 0.29) is 0 Å². The summed E-state index contributed by atoms with van der Waals surface area (Å²) in [6.45, 7) is 0. The number of alkyl halides is 3. The summed E-state index contributed by atoms with van der Waals surface area (Å²) in [6, 6.07) is 0. The highest BCUT2D eigenvalue weighted by Gasteiger charge is 2.39. The van der Waals surface area contributed by atoms with Gasteiger partial charge in [-0.3, -0.25) is 0 Å². The fraction of sp³-hybridized carbons (Fsp3) is 1.00. The summed E-state index contributed by atoms with van der Waals surface area (Å²) >= 11 is 0. The van der Waals surface area contributed by atoms with Gasteiger partial charge in [0.05, 0.1) is 0 Å². The van der Waals surface area contributed by atoms with Crippen molar-refractivity contribution in [1.82, 2.24) is 0 Å². The Kier molecular flexibility index (Phi) is 2.46. The van der Waals surface area contributed by atoms with Crippen LogP contribution in [0.2, 0.25) is 0 Å². The van der Waals surface area contributed by atoms with E-state index in [0.717, 1.165) is 0 Å². The molecule has 0 aromatic carbocycles. The minimum Gasteiger partial charge on any atom is -0.797 e. The number of rotatable bonds is 0. The van der Waals surface area contributed by atoms with Gasteiger partial charge in [0.25, 0.3) is 0 Å². The molecule has 56 valence electrons. The lowest BCUT2D eigenvalue weighted by atomic mass is 11.6. The van der Waals surface area contributed by atoms with Gasteiger partial charge >= 0.3 is 5.51 Å². The van der Waals surface area contributed by atoms with Gasteiger partial charge in [-0.25, -0.2) is 4.21 Å². The summed E-state index contributed by atoms with van der Waals surface area (Å²) in [5, 5.41) is 0. The Hall–Kier alpha value is 0.160. The zero-order valence-electron chi connectivity index (χ0n) is 3.75. The van der Waals surface area contributed by atoms with Crippen LogP contribution in [-0.2, 0) is 9.39 Å². The molecule has 8 heteroatoms. The van der Waals surface area contributed by atoms with E-state index >= 15 is 0 Å². The Morgan fingerprint density at radius 3 is 1.89 bits per heavy atom. The molecule has 0 bridgehead atoms. The summed E-state index contributed by atoms with van der Waals surface area (Å²) in [7, 11) is -6.98. The second kappa shape index (κ2) is 2.42. The third-order valence-electron chi connectivity index (χ3n) is 0.403. The molecule has 0 spiro atoms. The number of hydrogen-bond donors (Lipinski definition) is 1. The molecule has 0 fully saturated rings. The number of hydrogen-bond acceptors (Lipinski definition) is 2. The molecule has 1 unspecified atom stereocenters. The first-order valence-corrected chi connectivity index (χ1v) is 4.42. The van der Waals surface area contributed by atoms with E-state index in [0.29, 0.717) is 0 Å². The van der Waals surface area contributed by atoms with Crippen molar-refractivity contribution in [1.29, 1.82) is 0 Å². The van der Waals surface area contributed by atoms with Crippen LogP contribution in [-0.4, -0.2) is 14.3 Å².